The van der Waals surface area contributed by atoms with Crippen LogP contribution >= 0.6 is 0 Å². The largest absolute Gasteiger partial charge is 0.494 e. The van der Waals surface area contributed by atoms with Crippen LogP contribution in [0.1, 0.15) is 53.4 Å². The van der Waals surface area contributed by atoms with E-state index in [4.69, 9.17) is 14.2 Å². The van der Waals surface area contributed by atoms with E-state index in [0.29, 0.717) is 35.6 Å². The first-order chi connectivity index (χ1) is 22.6. The highest BCUT2D eigenvalue weighted by Crippen LogP contribution is 2.35. The van der Waals surface area contributed by atoms with Gasteiger partial charge < -0.3 is 14.2 Å². The minimum absolute atomic E-state index is 0.0997. The lowest BCUT2D eigenvalue weighted by Gasteiger charge is -2.18. The maximum Gasteiger partial charge on any atom is 0.434 e. The molecule has 47 heavy (non-hydrogen) atoms. The molecule has 0 radical (unpaired) electrons. The minimum Gasteiger partial charge on any atom is -0.494 e. The van der Waals surface area contributed by atoms with Gasteiger partial charge in [-0.1, -0.05) is 31.2 Å². The van der Waals surface area contributed by atoms with Gasteiger partial charge in [0.1, 0.15) is 17.1 Å². The van der Waals surface area contributed by atoms with Crippen molar-refractivity contribution in [3.8, 4) is 28.6 Å². The van der Waals surface area contributed by atoms with Gasteiger partial charge in [-0.3, -0.25) is 4.68 Å². The summed E-state index contributed by atoms with van der Waals surface area (Å²) in [5, 5.41) is 8.03. The molecule has 0 amide bonds. The summed E-state index contributed by atoms with van der Waals surface area (Å²) in [6.45, 7) is 4.58. The van der Waals surface area contributed by atoms with E-state index in [1.807, 2.05) is 37.4 Å². The number of nitrogens with zero attached hydrogens (tertiary/aromatic N) is 5. The normalized spacial score (nSPS) is 12.1. The number of ether oxygens (including phenoxy) is 3. The summed E-state index contributed by atoms with van der Waals surface area (Å²) in [5.74, 6) is -0.530. The molecule has 0 saturated heterocycles. The van der Waals surface area contributed by atoms with Crippen molar-refractivity contribution in [2.24, 2.45) is 0 Å². The molecule has 3 heterocycles. The van der Waals surface area contributed by atoms with Crippen molar-refractivity contribution in [3.63, 3.8) is 0 Å². The SMILES string of the molecule is CCOC(=O)c1cnn(-c2cccc(-c3cc(F)ccc3C(C)Cc3ccc(OCCCn4cc(OC)cn4)cc3)n2)c1C(F)(F)F. The number of pyridine rings is 1. The van der Waals surface area contributed by atoms with Gasteiger partial charge in [-0.15, -0.1) is 0 Å². The predicted octanol–water partition coefficient (Wildman–Crippen LogP) is 7.29. The number of aryl methyl sites for hydroxylation is 1. The zero-order valence-corrected chi connectivity index (χ0v) is 26.0. The number of alkyl halides is 3. The Labute approximate surface area is 268 Å². The van der Waals surface area contributed by atoms with Gasteiger partial charge in [0, 0.05) is 18.5 Å². The average molecular weight is 652 g/mol. The summed E-state index contributed by atoms with van der Waals surface area (Å²) >= 11 is 0. The average Bonchev–Trinajstić information content (AvgIpc) is 3.72. The lowest BCUT2D eigenvalue weighted by molar-refractivity contribution is -0.143. The third kappa shape index (κ3) is 7.97. The van der Waals surface area contributed by atoms with E-state index in [0.717, 1.165) is 29.5 Å². The van der Waals surface area contributed by atoms with Gasteiger partial charge in [0.15, 0.2) is 17.3 Å². The first kappa shape index (κ1) is 33.2. The molecule has 0 bridgehead atoms. The van der Waals surface area contributed by atoms with Gasteiger partial charge >= 0.3 is 12.1 Å². The van der Waals surface area contributed by atoms with E-state index >= 15 is 0 Å². The number of hydrogen-bond acceptors (Lipinski definition) is 7. The number of methoxy groups -OCH3 is 1. The van der Waals surface area contributed by atoms with Gasteiger partial charge in [-0.25, -0.2) is 18.9 Å². The van der Waals surface area contributed by atoms with Crippen LogP contribution in [0.3, 0.4) is 0 Å². The standard InChI is InChI=1S/C34H33F4N5O4/c1-4-46-33(44)29-20-40-43(32(29)34(36,37)38)31-8-5-7-30(41-31)28-18-24(35)11-14-27(28)22(2)17-23-9-12-25(13-10-23)47-16-6-15-42-21-26(45-3)19-39-42/h5,7-14,18-22H,4,6,15-17H2,1-3H3. The van der Waals surface area contributed by atoms with Crippen LogP contribution in [0.2, 0.25) is 0 Å². The smallest absolute Gasteiger partial charge is 0.434 e. The van der Waals surface area contributed by atoms with Gasteiger partial charge in [-0.05, 0) is 66.8 Å². The number of carbonyl (C=O) groups is 1. The molecule has 1 unspecified atom stereocenters. The fraction of sp³-hybridized carbons (Fsp3) is 0.294. The minimum atomic E-state index is -4.93. The molecule has 5 aromatic rings. The van der Waals surface area contributed by atoms with Crippen LogP contribution in [0.4, 0.5) is 17.6 Å². The molecule has 13 heteroatoms. The molecule has 9 nitrogen and oxygen atoms in total. The molecule has 1 atom stereocenters. The second-order valence-corrected chi connectivity index (χ2v) is 10.7. The molecule has 246 valence electrons. The fourth-order valence-corrected chi connectivity index (χ4v) is 5.20. The quantitative estimate of drug-likeness (QED) is 0.0750. The molecule has 5 rings (SSSR count). The van der Waals surface area contributed by atoms with Crippen molar-refractivity contribution in [1.82, 2.24) is 24.5 Å². The van der Waals surface area contributed by atoms with E-state index < -0.39 is 29.2 Å². The Morgan fingerprint density at radius 3 is 2.49 bits per heavy atom. The molecule has 0 N–H and O–H groups in total. The van der Waals surface area contributed by atoms with Crippen LogP contribution in [0.5, 0.6) is 11.5 Å². The number of carbonyl (C=O) groups excluding carboxylic acids is 1. The van der Waals surface area contributed by atoms with E-state index in [1.165, 1.54) is 31.2 Å². The molecule has 3 aromatic heterocycles. The monoisotopic (exact) mass is 651 g/mol. The topological polar surface area (TPSA) is 93.3 Å². The van der Waals surface area contributed by atoms with Gasteiger partial charge in [0.25, 0.3) is 0 Å². The van der Waals surface area contributed by atoms with E-state index in [-0.39, 0.29) is 24.0 Å². The molecule has 0 aliphatic rings. The molecule has 0 aliphatic carbocycles. The zero-order chi connectivity index (χ0) is 33.6. The fourth-order valence-electron chi connectivity index (χ4n) is 5.20. The van der Waals surface area contributed by atoms with Gasteiger partial charge in [-0.2, -0.15) is 23.4 Å². The molecule has 0 fully saturated rings. The van der Waals surface area contributed by atoms with Gasteiger partial charge in [0.2, 0.25) is 0 Å². The first-order valence-corrected chi connectivity index (χ1v) is 14.9. The number of esters is 1. The third-order valence-corrected chi connectivity index (χ3v) is 7.42. The van der Waals surface area contributed by atoms with Crippen LogP contribution in [-0.2, 0) is 23.9 Å². The molecule has 0 aliphatic heterocycles. The summed E-state index contributed by atoms with van der Waals surface area (Å²) in [5.41, 5.74) is 0.430. The van der Waals surface area contributed by atoms with Crippen molar-refractivity contribution in [1.29, 1.82) is 0 Å². The number of rotatable bonds is 13. The first-order valence-electron chi connectivity index (χ1n) is 14.9. The Bertz CT molecular complexity index is 1820. The van der Waals surface area contributed by atoms with E-state index in [9.17, 15) is 22.4 Å². The predicted molar refractivity (Wildman–Crippen MR) is 165 cm³/mol. The van der Waals surface area contributed by atoms with Crippen molar-refractivity contribution < 1.29 is 36.6 Å². The lowest BCUT2D eigenvalue weighted by atomic mass is 9.89. The Morgan fingerprint density at radius 2 is 1.79 bits per heavy atom. The second kappa shape index (κ2) is 14.5. The second-order valence-electron chi connectivity index (χ2n) is 10.7. The Morgan fingerprint density at radius 1 is 1.00 bits per heavy atom. The van der Waals surface area contributed by atoms with Crippen LogP contribution in [0, 0.1) is 5.82 Å². The van der Waals surface area contributed by atoms with Crippen LogP contribution in [0.15, 0.2) is 79.3 Å². The molecule has 0 spiro atoms. The summed E-state index contributed by atoms with van der Waals surface area (Å²) in [4.78, 5) is 16.7. The highest BCUT2D eigenvalue weighted by molar-refractivity contribution is 5.90. The van der Waals surface area contributed by atoms with Crippen molar-refractivity contribution in [2.75, 3.05) is 20.3 Å². The van der Waals surface area contributed by atoms with Crippen molar-refractivity contribution in [2.45, 2.75) is 45.3 Å². The number of benzene rings is 2. The Hall–Kier alpha value is -5.20. The van der Waals surface area contributed by atoms with Gasteiger partial charge in [0.05, 0.1) is 44.6 Å². The molecular weight excluding hydrogens is 618 g/mol. The maximum atomic E-state index is 14.5. The Balaban J connectivity index is 1.31. The number of aromatic nitrogens is 5. The van der Waals surface area contributed by atoms with E-state index in [2.05, 4.69) is 15.2 Å². The van der Waals surface area contributed by atoms with E-state index in [1.54, 1.807) is 30.1 Å². The molecule has 0 saturated carbocycles. The zero-order valence-electron chi connectivity index (χ0n) is 26.0. The van der Waals surface area contributed by atoms with Crippen LogP contribution < -0.4 is 9.47 Å². The van der Waals surface area contributed by atoms with Crippen LogP contribution in [-0.4, -0.2) is 50.8 Å². The van der Waals surface area contributed by atoms with Crippen LogP contribution in [0.25, 0.3) is 17.1 Å². The summed E-state index contributed by atoms with van der Waals surface area (Å²) in [6.07, 6.45) is 0.712. The molecule has 2 aromatic carbocycles. The van der Waals surface area contributed by atoms with Crippen molar-refractivity contribution in [3.05, 3.63) is 107 Å². The highest BCUT2D eigenvalue weighted by Gasteiger charge is 2.41. The summed E-state index contributed by atoms with van der Waals surface area (Å²) < 4.78 is 75.0. The summed E-state index contributed by atoms with van der Waals surface area (Å²) in [7, 11) is 1.59. The third-order valence-electron chi connectivity index (χ3n) is 7.42. The highest BCUT2D eigenvalue weighted by atomic mass is 19.4. The number of halogens is 4. The summed E-state index contributed by atoms with van der Waals surface area (Å²) in [6, 6.07) is 16.5. The Kier molecular flexibility index (Phi) is 10.2. The lowest BCUT2D eigenvalue weighted by Crippen LogP contribution is -2.19. The molecular formula is C34H33F4N5O4. The van der Waals surface area contributed by atoms with Crippen molar-refractivity contribution >= 4 is 5.97 Å². The maximum absolute atomic E-state index is 14.5. The number of hydrogen-bond donors (Lipinski definition) is 0.